The molecule has 1 aliphatic rings. The van der Waals surface area contributed by atoms with Crippen LogP contribution in [0, 0.1) is 3.57 Å². The van der Waals surface area contributed by atoms with Crippen molar-refractivity contribution in [3.05, 3.63) is 45.6 Å². The zero-order chi connectivity index (χ0) is 28.1. The zero-order valence-corrected chi connectivity index (χ0v) is 24.2. The van der Waals surface area contributed by atoms with Gasteiger partial charge in [-0.05, 0) is 66.1 Å². The molecule has 1 aromatic carbocycles. The Bertz CT molecular complexity index is 971. The van der Waals surface area contributed by atoms with E-state index in [-0.39, 0.29) is 38.5 Å². The smallest absolute Gasteiger partial charge is 0.247 e. The van der Waals surface area contributed by atoms with Gasteiger partial charge in [-0.15, -0.1) is 6.58 Å². The summed E-state index contributed by atoms with van der Waals surface area (Å²) in [6.07, 6.45) is 2.46. The van der Waals surface area contributed by atoms with Gasteiger partial charge in [0.25, 0.3) is 0 Å². The Morgan fingerprint density at radius 1 is 1.32 bits per heavy atom. The van der Waals surface area contributed by atoms with Gasteiger partial charge in [-0.25, -0.2) is 0 Å². The summed E-state index contributed by atoms with van der Waals surface area (Å²) in [7, 11) is 1.47. The largest absolute Gasteiger partial charge is 0.493 e. The molecule has 11 heteroatoms. The van der Waals surface area contributed by atoms with Crippen LogP contribution < -0.4 is 14.8 Å². The molecule has 3 atom stereocenters. The maximum atomic E-state index is 13.2. The van der Waals surface area contributed by atoms with Gasteiger partial charge < -0.3 is 39.7 Å². The minimum Gasteiger partial charge on any atom is -0.493 e. The number of aliphatic hydroxyl groups is 3. The quantitative estimate of drug-likeness (QED) is 0.122. The third-order valence-electron chi connectivity index (χ3n) is 6.11. The van der Waals surface area contributed by atoms with Crippen LogP contribution in [0.3, 0.4) is 0 Å². The molecule has 1 aromatic rings. The van der Waals surface area contributed by atoms with Gasteiger partial charge in [0.2, 0.25) is 11.8 Å². The van der Waals surface area contributed by atoms with Crippen molar-refractivity contribution in [2.45, 2.75) is 57.5 Å². The van der Waals surface area contributed by atoms with Crippen molar-refractivity contribution in [3.8, 4) is 11.5 Å². The highest BCUT2D eigenvalue weighted by molar-refractivity contribution is 14.1. The fraction of sp³-hybridized carbons (Fsp3) is 0.556. The van der Waals surface area contributed by atoms with Crippen molar-refractivity contribution >= 4 is 34.4 Å². The van der Waals surface area contributed by atoms with E-state index in [2.05, 4.69) is 34.5 Å². The highest BCUT2D eigenvalue weighted by Gasteiger charge is 2.40. The number of nitrogens with one attached hydrogen (secondary N) is 1. The number of rotatable bonds is 16. The van der Waals surface area contributed by atoms with Crippen LogP contribution in [0.25, 0.3) is 0 Å². The predicted octanol–water partition coefficient (Wildman–Crippen LogP) is 1.93. The Morgan fingerprint density at radius 2 is 2.08 bits per heavy atom. The molecular formula is C27H39IN2O8. The highest BCUT2D eigenvalue weighted by atomic mass is 127. The summed E-state index contributed by atoms with van der Waals surface area (Å²) in [5, 5.41) is 32.9. The molecule has 0 saturated heterocycles. The monoisotopic (exact) mass is 646 g/mol. The number of halogens is 1. The number of ether oxygens (including phenoxy) is 3. The molecule has 0 aromatic heterocycles. The molecule has 0 aliphatic heterocycles. The van der Waals surface area contributed by atoms with E-state index in [1.54, 1.807) is 29.2 Å². The number of hydrogen-bond acceptors (Lipinski definition) is 8. The molecule has 0 radical (unpaired) electrons. The number of carbonyl (C=O) groups excluding carboxylic acids is 2. The first-order valence-corrected chi connectivity index (χ1v) is 13.8. The highest BCUT2D eigenvalue weighted by Crippen LogP contribution is 2.37. The van der Waals surface area contributed by atoms with Gasteiger partial charge in [-0.3, -0.25) is 9.59 Å². The van der Waals surface area contributed by atoms with Crippen molar-refractivity contribution in [2.75, 3.05) is 40.0 Å². The maximum Gasteiger partial charge on any atom is 0.247 e. The van der Waals surface area contributed by atoms with E-state index in [9.17, 15) is 19.8 Å². The van der Waals surface area contributed by atoms with Gasteiger partial charge in [-0.2, -0.15) is 0 Å². The average Bonchev–Trinajstić information content (AvgIpc) is 2.92. The molecule has 0 fully saturated rings. The Hall–Kier alpha value is -2.19. The van der Waals surface area contributed by atoms with Crippen LogP contribution in [0.4, 0.5) is 0 Å². The summed E-state index contributed by atoms with van der Waals surface area (Å²) in [5.74, 6) is 0.142. The molecule has 212 valence electrons. The van der Waals surface area contributed by atoms with Crippen molar-refractivity contribution in [1.82, 2.24) is 10.2 Å². The van der Waals surface area contributed by atoms with Crippen LogP contribution in [0.5, 0.6) is 11.5 Å². The zero-order valence-electron chi connectivity index (χ0n) is 22.0. The fourth-order valence-corrected chi connectivity index (χ4v) is 5.01. The Morgan fingerprint density at radius 3 is 2.71 bits per heavy atom. The van der Waals surface area contributed by atoms with Gasteiger partial charge in [0, 0.05) is 44.7 Å². The number of amides is 2. The fourth-order valence-electron chi connectivity index (χ4n) is 4.22. The number of aliphatic hydroxyl groups excluding tert-OH is 3. The molecule has 2 rings (SSSR count). The van der Waals surface area contributed by atoms with E-state index in [1.807, 2.05) is 6.92 Å². The Kier molecular flexibility index (Phi) is 14.1. The molecule has 38 heavy (non-hydrogen) atoms. The molecule has 1 aliphatic carbocycles. The van der Waals surface area contributed by atoms with Gasteiger partial charge in [0.05, 0.1) is 29.9 Å². The van der Waals surface area contributed by atoms with E-state index in [0.29, 0.717) is 58.8 Å². The first-order chi connectivity index (χ1) is 18.3. The summed E-state index contributed by atoms with van der Waals surface area (Å²) in [6, 6.07) is 2.64. The Labute approximate surface area is 237 Å². The standard InChI is InChI=1S/C27H39IN2O8/c1-4-6-8-24(33)30(10-7-12-37-5-2)21-15-19(27(35)29-9-11-31)16-22(25(21)34)38-26-20(28)13-18(17-32)14-23(26)36-3/h4,13-14,16,21-22,25,31-32,34H,1,5-12,15,17H2,2-3H3,(H,29,35)/t21-,22+,25+/m1/s1. The first kappa shape index (κ1) is 32.0. The van der Waals surface area contributed by atoms with E-state index in [1.165, 1.54) is 7.11 Å². The lowest BCUT2D eigenvalue weighted by atomic mass is 9.87. The van der Waals surface area contributed by atoms with Gasteiger partial charge in [0.15, 0.2) is 11.5 Å². The topological polar surface area (TPSA) is 138 Å². The molecule has 0 heterocycles. The summed E-state index contributed by atoms with van der Waals surface area (Å²) in [5.41, 5.74) is 0.972. The Balaban J connectivity index is 2.46. The van der Waals surface area contributed by atoms with Crippen molar-refractivity contribution < 1.29 is 39.1 Å². The average molecular weight is 647 g/mol. The van der Waals surface area contributed by atoms with Crippen LogP contribution in [0.15, 0.2) is 36.4 Å². The molecule has 0 saturated carbocycles. The van der Waals surface area contributed by atoms with Gasteiger partial charge in [-0.1, -0.05) is 6.08 Å². The SMILES string of the molecule is C=CCCC(=O)N(CCCOCC)[C@@H]1CC(C(=O)NCCO)=C[C@H](Oc2c(I)cc(CO)cc2OC)[C@H]1O. The number of carbonyl (C=O) groups is 2. The first-order valence-electron chi connectivity index (χ1n) is 12.7. The number of methoxy groups -OCH3 is 1. The number of benzene rings is 1. The van der Waals surface area contributed by atoms with Gasteiger partial charge in [0.1, 0.15) is 12.2 Å². The number of nitrogens with zero attached hydrogens (tertiary/aromatic N) is 1. The van der Waals surface area contributed by atoms with E-state index in [4.69, 9.17) is 19.3 Å². The van der Waals surface area contributed by atoms with Crippen molar-refractivity contribution in [3.63, 3.8) is 0 Å². The third-order valence-corrected chi connectivity index (χ3v) is 6.92. The second-order valence-corrected chi connectivity index (χ2v) is 9.91. The maximum absolute atomic E-state index is 13.2. The number of allylic oxidation sites excluding steroid dienone is 1. The molecule has 0 unspecified atom stereocenters. The van der Waals surface area contributed by atoms with Crippen LogP contribution in [0.2, 0.25) is 0 Å². The normalized spacial score (nSPS) is 18.9. The van der Waals surface area contributed by atoms with Crippen LogP contribution in [-0.4, -0.2) is 90.3 Å². The van der Waals surface area contributed by atoms with Crippen molar-refractivity contribution in [2.24, 2.45) is 0 Å². The lowest BCUT2D eigenvalue weighted by Crippen LogP contribution is -2.55. The molecule has 0 spiro atoms. The summed E-state index contributed by atoms with van der Waals surface area (Å²) < 4.78 is 17.8. The van der Waals surface area contributed by atoms with Crippen molar-refractivity contribution in [1.29, 1.82) is 0 Å². The predicted molar refractivity (Wildman–Crippen MR) is 151 cm³/mol. The lowest BCUT2D eigenvalue weighted by Gasteiger charge is -2.40. The molecular weight excluding hydrogens is 607 g/mol. The molecule has 10 nitrogen and oxygen atoms in total. The second-order valence-electron chi connectivity index (χ2n) is 8.75. The second kappa shape index (κ2) is 16.7. The van der Waals surface area contributed by atoms with E-state index < -0.39 is 24.2 Å². The summed E-state index contributed by atoms with van der Waals surface area (Å²) >= 11 is 2.06. The molecule has 4 N–H and O–H groups in total. The minimum atomic E-state index is -1.15. The van der Waals surface area contributed by atoms with Gasteiger partial charge >= 0.3 is 0 Å². The number of hydrogen-bond donors (Lipinski definition) is 4. The minimum absolute atomic E-state index is 0.0690. The van der Waals surface area contributed by atoms with Crippen LogP contribution >= 0.6 is 22.6 Å². The van der Waals surface area contributed by atoms with Crippen LogP contribution in [0.1, 0.15) is 38.2 Å². The summed E-state index contributed by atoms with van der Waals surface area (Å²) in [4.78, 5) is 27.8. The van der Waals surface area contributed by atoms with Crippen LogP contribution in [-0.2, 0) is 20.9 Å². The lowest BCUT2D eigenvalue weighted by molar-refractivity contribution is -0.138. The molecule has 0 bridgehead atoms. The summed E-state index contributed by atoms with van der Waals surface area (Å²) in [6.45, 7) is 6.60. The third kappa shape index (κ3) is 8.94. The van der Waals surface area contributed by atoms with E-state index >= 15 is 0 Å². The molecule has 2 amide bonds. The van der Waals surface area contributed by atoms with E-state index in [0.717, 1.165) is 0 Å².